The second-order valence-corrected chi connectivity index (χ2v) is 5.11. The third-order valence-corrected chi connectivity index (χ3v) is 3.41. The average molecular weight is 283 g/mol. The first kappa shape index (κ1) is 15.1. The van der Waals surface area contributed by atoms with Gasteiger partial charge in [-0.3, -0.25) is 4.79 Å². The molecule has 0 saturated heterocycles. The molecule has 0 bridgehead atoms. The van der Waals surface area contributed by atoms with Crippen LogP contribution in [0.5, 0.6) is 5.75 Å². The SMILES string of the molecule is COc1ccc(CNC(=O)CCc2ccc(C)cc2)cc1. The van der Waals surface area contributed by atoms with Gasteiger partial charge in [0, 0.05) is 13.0 Å². The molecule has 2 aromatic carbocycles. The number of hydrogen-bond acceptors (Lipinski definition) is 2. The highest BCUT2D eigenvalue weighted by Crippen LogP contribution is 2.11. The Labute approximate surface area is 126 Å². The Bertz CT molecular complexity index is 573. The van der Waals surface area contributed by atoms with Crippen molar-refractivity contribution in [1.82, 2.24) is 5.32 Å². The van der Waals surface area contributed by atoms with Gasteiger partial charge in [0.15, 0.2) is 0 Å². The minimum atomic E-state index is 0.0754. The molecule has 0 aliphatic heterocycles. The zero-order chi connectivity index (χ0) is 15.1. The maximum atomic E-state index is 11.8. The first-order chi connectivity index (χ1) is 10.2. The maximum Gasteiger partial charge on any atom is 0.220 e. The summed E-state index contributed by atoms with van der Waals surface area (Å²) >= 11 is 0. The Morgan fingerprint density at radius 1 is 1.00 bits per heavy atom. The molecule has 3 nitrogen and oxygen atoms in total. The van der Waals surface area contributed by atoms with Crippen molar-refractivity contribution < 1.29 is 9.53 Å². The van der Waals surface area contributed by atoms with Gasteiger partial charge in [0.05, 0.1) is 7.11 Å². The van der Waals surface area contributed by atoms with Crippen molar-refractivity contribution in [1.29, 1.82) is 0 Å². The molecule has 0 radical (unpaired) electrons. The van der Waals surface area contributed by atoms with Crippen LogP contribution in [-0.4, -0.2) is 13.0 Å². The van der Waals surface area contributed by atoms with Crippen LogP contribution in [0.15, 0.2) is 48.5 Å². The second kappa shape index (κ2) is 7.48. The van der Waals surface area contributed by atoms with Gasteiger partial charge in [-0.25, -0.2) is 0 Å². The van der Waals surface area contributed by atoms with Crippen LogP contribution in [0.4, 0.5) is 0 Å². The van der Waals surface area contributed by atoms with Crippen LogP contribution in [0.3, 0.4) is 0 Å². The second-order valence-electron chi connectivity index (χ2n) is 5.11. The molecule has 2 rings (SSSR count). The monoisotopic (exact) mass is 283 g/mol. The normalized spacial score (nSPS) is 10.2. The molecule has 21 heavy (non-hydrogen) atoms. The van der Waals surface area contributed by atoms with Gasteiger partial charge < -0.3 is 10.1 Å². The van der Waals surface area contributed by atoms with Gasteiger partial charge in [-0.05, 0) is 36.6 Å². The predicted octanol–water partition coefficient (Wildman–Crippen LogP) is 3.25. The third-order valence-electron chi connectivity index (χ3n) is 3.41. The van der Waals surface area contributed by atoms with E-state index in [9.17, 15) is 4.79 Å². The molecule has 0 atom stereocenters. The lowest BCUT2D eigenvalue weighted by Gasteiger charge is -2.07. The van der Waals surface area contributed by atoms with Crippen LogP contribution in [0.1, 0.15) is 23.1 Å². The molecular weight excluding hydrogens is 262 g/mol. The standard InChI is InChI=1S/C18H21NO2/c1-14-3-5-15(6-4-14)9-12-18(20)19-13-16-7-10-17(21-2)11-8-16/h3-8,10-11H,9,12-13H2,1-2H3,(H,19,20). The largest absolute Gasteiger partial charge is 0.497 e. The van der Waals surface area contributed by atoms with Crippen molar-refractivity contribution in [2.45, 2.75) is 26.3 Å². The van der Waals surface area contributed by atoms with Crippen LogP contribution >= 0.6 is 0 Å². The van der Waals surface area contributed by atoms with Gasteiger partial charge in [0.1, 0.15) is 5.75 Å². The summed E-state index contributed by atoms with van der Waals surface area (Å²) in [6.45, 7) is 2.61. The van der Waals surface area contributed by atoms with Crippen LogP contribution in [-0.2, 0) is 17.8 Å². The average Bonchev–Trinajstić information content (AvgIpc) is 2.53. The van der Waals surface area contributed by atoms with Crippen LogP contribution in [0.2, 0.25) is 0 Å². The van der Waals surface area contributed by atoms with E-state index in [2.05, 4.69) is 36.5 Å². The smallest absolute Gasteiger partial charge is 0.220 e. The number of carbonyl (C=O) groups is 1. The van der Waals surface area contributed by atoms with Crippen molar-refractivity contribution in [2.75, 3.05) is 7.11 Å². The Hall–Kier alpha value is -2.29. The lowest BCUT2D eigenvalue weighted by atomic mass is 10.1. The first-order valence-electron chi connectivity index (χ1n) is 7.12. The van der Waals surface area contributed by atoms with Crippen LogP contribution < -0.4 is 10.1 Å². The number of rotatable bonds is 6. The molecule has 0 heterocycles. The Balaban J connectivity index is 1.75. The van der Waals surface area contributed by atoms with Crippen LogP contribution in [0.25, 0.3) is 0 Å². The Morgan fingerprint density at radius 2 is 1.62 bits per heavy atom. The van der Waals surface area contributed by atoms with Gasteiger partial charge in [0.25, 0.3) is 0 Å². The van der Waals surface area contributed by atoms with Crippen molar-refractivity contribution >= 4 is 5.91 Å². The highest BCUT2D eigenvalue weighted by Gasteiger charge is 2.02. The third kappa shape index (κ3) is 4.95. The molecule has 0 fully saturated rings. The molecule has 110 valence electrons. The summed E-state index contributed by atoms with van der Waals surface area (Å²) in [5.41, 5.74) is 3.50. The summed E-state index contributed by atoms with van der Waals surface area (Å²) in [5.74, 6) is 0.899. The summed E-state index contributed by atoms with van der Waals surface area (Å²) in [6, 6.07) is 16.0. The van der Waals surface area contributed by atoms with E-state index in [1.165, 1.54) is 11.1 Å². The molecule has 1 amide bonds. The molecule has 1 N–H and O–H groups in total. The fourth-order valence-electron chi connectivity index (χ4n) is 2.05. The molecule has 0 saturated carbocycles. The number of ether oxygens (including phenoxy) is 1. The van der Waals surface area contributed by atoms with Gasteiger partial charge >= 0.3 is 0 Å². The Morgan fingerprint density at radius 3 is 2.24 bits per heavy atom. The summed E-state index contributed by atoms with van der Waals surface area (Å²) in [6.07, 6.45) is 1.29. The number of amides is 1. The molecular formula is C18H21NO2. The van der Waals surface area contributed by atoms with Gasteiger partial charge in [-0.1, -0.05) is 42.0 Å². The van der Waals surface area contributed by atoms with Gasteiger partial charge in [-0.2, -0.15) is 0 Å². The summed E-state index contributed by atoms with van der Waals surface area (Å²) in [5, 5.41) is 2.94. The van der Waals surface area contributed by atoms with E-state index in [4.69, 9.17) is 4.74 Å². The van der Waals surface area contributed by atoms with E-state index in [0.29, 0.717) is 13.0 Å². The fourth-order valence-corrected chi connectivity index (χ4v) is 2.05. The van der Waals surface area contributed by atoms with Crippen LogP contribution in [0, 0.1) is 6.92 Å². The minimum absolute atomic E-state index is 0.0754. The topological polar surface area (TPSA) is 38.3 Å². The number of aryl methyl sites for hydroxylation is 2. The Kier molecular flexibility index (Phi) is 5.38. The molecule has 2 aromatic rings. The van der Waals surface area contributed by atoms with Crippen molar-refractivity contribution in [3.63, 3.8) is 0 Å². The molecule has 0 unspecified atom stereocenters. The highest BCUT2D eigenvalue weighted by atomic mass is 16.5. The van der Waals surface area contributed by atoms with E-state index in [-0.39, 0.29) is 5.91 Å². The van der Waals surface area contributed by atoms with E-state index < -0.39 is 0 Å². The predicted molar refractivity (Wildman–Crippen MR) is 84.3 cm³/mol. The lowest BCUT2D eigenvalue weighted by molar-refractivity contribution is -0.121. The first-order valence-corrected chi connectivity index (χ1v) is 7.12. The lowest BCUT2D eigenvalue weighted by Crippen LogP contribution is -2.22. The summed E-state index contributed by atoms with van der Waals surface area (Å²) < 4.78 is 5.10. The molecule has 0 aliphatic rings. The van der Waals surface area contributed by atoms with E-state index >= 15 is 0 Å². The number of benzene rings is 2. The van der Waals surface area contributed by atoms with Gasteiger partial charge in [0.2, 0.25) is 5.91 Å². The van der Waals surface area contributed by atoms with Crippen molar-refractivity contribution in [2.24, 2.45) is 0 Å². The zero-order valence-corrected chi connectivity index (χ0v) is 12.6. The zero-order valence-electron chi connectivity index (χ0n) is 12.6. The molecule has 3 heteroatoms. The highest BCUT2D eigenvalue weighted by molar-refractivity contribution is 5.76. The number of nitrogens with one attached hydrogen (secondary N) is 1. The summed E-state index contributed by atoms with van der Waals surface area (Å²) in [7, 11) is 1.64. The number of carbonyl (C=O) groups excluding carboxylic acids is 1. The maximum absolute atomic E-state index is 11.8. The quantitative estimate of drug-likeness (QED) is 0.883. The summed E-state index contributed by atoms with van der Waals surface area (Å²) in [4.78, 5) is 11.8. The van der Waals surface area contributed by atoms with E-state index in [1.54, 1.807) is 7.11 Å². The van der Waals surface area contributed by atoms with Crippen molar-refractivity contribution in [3.8, 4) is 5.75 Å². The molecule has 0 aromatic heterocycles. The number of hydrogen-bond donors (Lipinski definition) is 1. The fraction of sp³-hybridized carbons (Fsp3) is 0.278. The van der Waals surface area contributed by atoms with Crippen molar-refractivity contribution in [3.05, 3.63) is 65.2 Å². The van der Waals surface area contributed by atoms with E-state index in [0.717, 1.165) is 17.7 Å². The van der Waals surface area contributed by atoms with Gasteiger partial charge in [-0.15, -0.1) is 0 Å². The van der Waals surface area contributed by atoms with E-state index in [1.807, 2.05) is 24.3 Å². The molecule has 0 aliphatic carbocycles. The minimum Gasteiger partial charge on any atom is -0.497 e. The molecule has 0 spiro atoms. The number of methoxy groups -OCH3 is 1.